The molecule has 0 N–H and O–H groups in total. The highest BCUT2D eigenvalue weighted by Gasteiger charge is 2.19. The molecule has 0 aliphatic rings. The summed E-state index contributed by atoms with van der Waals surface area (Å²) in [6, 6.07) is 60.7. The Balaban J connectivity index is 1.12. The van der Waals surface area contributed by atoms with Crippen LogP contribution in [0.2, 0.25) is 0 Å². The molecule has 0 saturated heterocycles. The van der Waals surface area contributed by atoms with Gasteiger partial charge in [-0.05, 0) is 46.2 Å². The summed E-state index contributed by atoms with van der Waals surface area (Å²) in [4.78, 5) is 15.4. The normalized spacial score (nSPS) is 11.5. The van der Waals surface area contributed by atoms with Gasteiger partial charge in [-0.3, -0.25) is 0 Å². The van der Waals surface area contributed by atoms with Crippen LogP contribution in [-0.2, 0) is 0 Å². The quantitative estimate of drug-likeness (QED) is 0.186. The molecule has 4 nitrogen and oxygen atoms in total. The number of nitrogens with zero attached hydrogens (tertiary/aromatic N) is 3. The van der Waals surface area contributed by atoms with Gasteiger partial charge >= 0.3 is 0 Å². The molecule has 10 aromatic rings. The van der Waals surface area contributed by atoms with Crippen LogP contribution < -0.4 is 0 Å². The molecular weight excluding hydrogens is 623 g/mol. The van der Waals surface area contributed by atoms with Gasteiger partial charge in [-0.15, -0.1) is 0 Å². The maximum absolute atomic E-state index is 6.65. The fourth-order valence-corrected chi connectivity index (χ4v) is 7.18. The molecule has 0 saturated carbocycles. The Labute approximate surface area is 294 Å². The van der Waals surface area contributed by atoms with Gasteiger partial charge in [-0.25, -0.2) is 15.0 Å². The molecule has 0 amide bonds. The molecule has 3 heterocycles. The average Bonchev–Trinajstić information content (AvgIpc) is 3.61. The van der Waals surface area contributed by atoms with Crippen molar-refractivity contribution in [2.75, 3.05) is 0 Å². The van der Waals surface area contributed by atoms with E-state index in [1.807, 2.05) is 48.5 Å². The summed E-state index contributed by atoms with van der Waals surface area (Å²) in [6.45, 7) is 0. The molecule has 0 atom stereocenters. The van der Waals surface area contributed by atoms with Crippen LogP contribution in [0.25, 0.3) is 99.9 Å². The molecule has 51 heavy (non-hydrogen) atoms. The van der Waals surface area contributed by atoms with E-state index < -0.39 is 0 Å². The molecule has 3 aromatic heterocycles. The van der Waals surface area contributed by atoms with Gasteiger partial charge in [0, 0.05) is 33.0 Å². The second-order valence-corrected chi connectivity index (χ2v) is 12.8. The van der Waals surface area contributed by atoms with Crippen molar-refractivity contribution in [3.63, 3.8) is 0 Å². The van der Waals surface area contributed by atoms with Crippen molar-refractivity contribution < 1.29 is 4.42 Å². The summed E-state index contributed by atoms with van der Waals surface area (Å²) >= 11 is 0. The van der Waals surface area contributed by atoms with E-state index in [-0.39, 0.29) is 0 Å². The van der Waals surface area contributed by atoms with Gasteiger partial charge in [-0.1, -0.05) is 152 Å². The van der Waals surface area contributed by atoms with E-state index in [0.717, 1.165) is 77.7 Å². The maximum atomic E-state index is 6.65. The third kappa shape index (κ3) is 5.04. The summed E-state index contributed by atoms with van der Waals surface area (Å²) < 4.78 is 6.65. The summed E-state index contributed by atoms with van der Waals surface area (Å²) in [7, 11) is 0. The fourth-order valence-electron chi connectivity index (χ4n) is 7.18. The molecule has 238 valence electrons. The highest BCUT2D eigenvalue weighted by molar-refractivity contribution is 6.19. The van der Waals surface area contributed by atoms with Crippen LogP contribution in [0, 0.1) is 0 Å². The van der Waals surface area contributed by atoms with Crippen LogP contribution >= 0.6 is 0 Å². The highest BCUT2D eigenvalue weighted by Crippen LogP contribution is 2.41. The fraction of sp³-hybridized carbons (Fsp3) is 0. The first-order valence-corrected chi connectivity index (χ1v) is 17.1. The smallest absolute Gasteiger partial charge is 0.160 e. The Bertz CT molecular complexity index is 2830. The number of hydrogen-bond donors (Lipinski definition) is 0. The van der Waals surface area contributed by atoms with Crippen LogP contribution in [0.5, 0.6) is 0 Å². The number of para-hydroxylation sites is 1. The summed E-state index contributed by atoms with van der Waals surface area (Å²) in [6.07, 6.45) is 0. The second kappa shape index (κ2) is 11.9. The predicted molar refractivity (Wildman–Crippen MR) is 209 cm³/mol. The van der Waals surface area contributed by atoms with Crippen molar-refractivity contribution in [3.05, 3.63) is 176 Å². The third-order valence-corrected chi connectivity index (χ3v) is 9.69. The van der Waals surface area contributed by atoms with Gasteiger partial charge in [0.1, 0.15) is 11.2 Å². The lowest BCUT2D eigenvalue weighted by Crippen LogP contribution is -1.96. The number of aromatic nitrogens is 3. The Kier molecular flexibility index (Phi) is 6.78. The van der Waals surface area contributed by atoms with Gasteiger partial charge in [0.05, 0.1) is 28.0 Å². The minimum atomic E-state index is 0.674. The SMILES string of the molecule is c1ccc(-c2cc(-c3ccccc3)nc(-c3ccc(-c4nc5ccc(-c6cccc7ccccc67)cc5c5oc6ccccc6c45)cc3)n2)cc1. The number of benzene rings is 7. The largest absolute Gasteiger partial charge is 0.455 e. The topological polar surface area (TPSA) is 51.8 Å². The zero-order valence-corrected chi connectivity index (χ0v) is 27.5. The number of hydrogen-bond acceptors (Lipinski definition) is 4. The van der Waals surface area contributed by atoms with Crippen molar-refractivity contribution >= 4 is 43.6 Å². The van der Waals surface area contributed by atoms with E-state index in [4.69, 9.17) is 19.4 Å². The molecule has 0 fully saturated rings. The number of fused-ring (bicyclic) bond motifs is 6. The van der Waals surface area contributed by atoms with Crippen molar-refractivity contribution in [1.82, 2.24) is 15.0 Å². The average molecular weight is 652 g/mol. The van der Waals surface area contributed by atoms with Crippen LogP contribution in [-0.4, -0.2) is 15.0 Å². The Morgan fingerprint density at radius 1 is 0.392 bits per heavy atom. The zero-order chi connectivity index (χ0) is 33.7. The second-order valence-electron chi connectivity index (χ2n) is 12.8. The molecule has 0 spiro atoms. The lowest BCUT2D eigenvalue weighted by Gasteiger charge is -2.11. The van der Waals surface area contributed by atoms with Crippen molar-refractivity contribution in [1.29, 1.82) is 0 Å². The first-order valence-electron chi connectivity index (χ1n) is 17.1. The van der Waals surface area contributed by atoms with E-state index in [9.17, 15) is 0 Å². The third-order valence-electron chi connectivity index (χ3n) is 9.69. The Morgan fingerprint density at radius 2 is 1.00 bits per heavy atom. The van der Waals surface area contributed by atoms with Gasteiger partial charge in [0.15, 0.2) is 5.82 Å². The standard InChI is InChI=1S/C47H29N3O/c1-3-13-31(14-4-1)41-29-42(32-15-5-2-6-16-32)50-47(49-41)34-24-22-33(23-25-34)45-44-38-19-9-10-21-43(38)51-46(44)39-28-35(26-27-40(39)48-45)37-20-11-17-30-12-7-8-18-36(30)37/h1-29H. The molecule has 4 heteroatoms. The van der Waals surface area contributed by atoms with Gasteiger partial charge in [0.25, 0.3) is 0 Å². The molecule has 0 aliphatic heterocycles. The minimum absolute atomic E-state index is 0.674. The molecule has 0 aliphatic carbocycles. The first-order chi connectivity index (χ1) is 25.3. The molecular formula is C47H29N3O. The van der Waals surface area contributed by atoms with Crippen LogP contribution in [0.15, 0.2) is 180 Å². The number of pyridine rings is 1. The predicted octanol–water partition coefficient (Wildman–Crippen LogP) is 12.4. The lowest BCUT2D eigenvalue weighted by molar-refractivity contribution is 0.672. The Hall–Kier alpha value is -6.91. The van der Waals surface area contributed by atoms with E-state index in [2.05, 4.69) is 127 Å². The summed E-state index contributed by atoms with van der Waals surface area (Å²) in [5.74, 6) is 0.674. The minimum Gasteiger partial charge on any atom is -0.455 e. The van der Waals surface area contributed by atoms with E-state index >= 15 is 0 Å². The molecule has 0 radical (unpaired) electrons. The summed E-state index contributed by atoms with van der Waals surface area (Å²) in [5, 5.41) is 5.48. The lowest BCUT2D eigenvalue weighted by atomic mass is 9.96. The zero-order valence-electron chi connectivity index (χ0n) is 27.5. The maximum Gasteiger partial charge on any atom is 0.160 e. The van der Waals surface area contributed by atoms with E-state index in [1.54, 1.807) is 0 Å². The van der Waals surface area contributed by atoms with Crippen molar-refractivity contribution in [2.24, 2.45) is 0 Å². The van der Waals surface area contributed by atoms with Crippen molar-refractivity contribution in [3.8, 4) is 56.3 Å². The number of rotatable bonds is 5. The van der Waals surface area contributed by atoms with Gasteiger partial charge in [-0.2, -0.15) is 0 Å². The van der Waals surface area contributed by atoms with Crippen LogP contribution in [0.4, 0.5) is 0 Å². The summed E-state index contributed by atoms with van der Waals surface area (Å²) in [5.41, 5.74) is 11.6. The molecule has 0 bridgehead atoms. The van der Waals surface area contributed by atoms with Crippen molar-refractivity contribution in [2.45, 2.75) is 0 Å². The van der Waals surface area contributed by atoms with E-state index in [0.29, 0.717) is 5.82 Å². The molecule has 0 unspecified atom stereocenters. The molecule has 10 rings (SSSR count). The van der Waals surface area contributed by atoms with E-state index in [1.165, 1.54) is 16.3 Å². The van der Waals surface area contributed by atoms with Crippen LogP contribution in [0.1, 0.15) is 0 Å². The molecule has 7 aromatic carbocycles. The number of furan rings is 1. The monoisotopic (exact) mass is 651 g/mol. The van der Waals surface area contributed by atoms with Gasteiger partial charge in [0.2, 0.25) is 0 Å². The highest BCUT2D eigenvalue weighted by atomic mass is 16.3. The first kappa shape index (κ1) is 29.0. The van der Waals surface area contributed by atoms with Gasteiger partial charge < -0.3 is 4.42 Å². The Morgan fingerprint density at radius 3 is 1.75 bits per heavy atom. The van der Waals surface area contributed by atoms with Crippen LogP contribution in [0.3, 0.4) is 0 Å².